The zero-order chi connectivity index (χ0) is 30.7. The van der Waals surface area contributed by atoms with Crippen molar-refractivity contribution >= 4 is 27.2 Å². The molecule has 4 aromatic heterocycles. The van der Waals surface area contributed by atoms with Crippen molar-refractivity contribution < 1.29 is 17.6 Å². The van der Waals surface area contributed by atoms with Crippen LogP contribution in [0.3, 0.4) is 0 Å². The SMILES string of the molecule is CCCN(C(=O)c1coc(=O)[nH]1)[C@H](CC)CCc1nc2c(-c3ccc(-c4ccccc4)nc3)cnn2c(N)c1S(C)(=O)=O. The smallest absolute Gasteiger partial charge is 0.416 e. The minimum absolute atomic E-state index is 0.0341. The molecule has 224 valence electrons. The van der Waals surface area contributed by atoms with Crippen LogP contribution in [0.5, 0.6) is 0 Å². The molecule has 4 heterocycles. The van der Waals surface area contributed by atoms with Gasteiger partial charge in [0.15, 0.2) is 15.5 Å². The number of hydrogen-bond donors (Lipinski definition) is 2. The van der Waals surface area contributed by atoms with E-state index in [1.54, 1.807) is 17.3 Å². The predicted molar refractivity (Wildman–Crippen MR) is 162 cm³/mol. The van der Waals surface area contributed by atoms with E-state index in [4.69, 9.17) is 15.1 Å². The Labute approximate surface area is 248 Å². The van der Waals surface area contributed by atoms with E-state index >= 15 is 0 Å². The van der Waals surface area contributed by atoms with Gasteiger partial charge in [-0.2, -0.15) is 9.61 Å². The van der Waals surface area contributed by atoms with Gasteiger partial charge in [-0.15, -0.1) is 0 Å². The highest BCUT2D eigenvalue weighted by atomic mass is 32.2. The number of hydrogen-bond acceptors (Lipinski definition) is 9. The van der Waals surface area contributed by atoms with Crippen molar-refractivity contribution in [3.63, 3.8) is 0 Å². The Hall–Kier alpha value is -4.78. The molecule has 0 aliphatic rings. The molecular formula is C30H33N7O5S. The Morgan fingerprint density at radius 1 is 1.12 bits per heavy atom. The van der Waals surface area contributed by atoms with Crippen LogP contribution in [0.25, 0.3) is 28.0 Å². The fourth-order valence-corrected chi connectivity index (χ4v) is 6.31. The number of carbonyl (C=O) groups is 1. The van der Waals surface area contributed by atoms with Gasteiger partial charge in [0.05, 0.1) is 17.6 Å². The Bertz CT molecular complexity index is 1910. The third-order valence-corrected chi connectivity index (χ3v) is 8.51. The number of aryl methyl sites for hydroxylation is 1. The van der Waals surface area contributed by atoms with E-state index in [9.17, 15) is 18.0 Å². The zero-order valence-corrected chi connectivity index (χ0v) is 25.0. The van der Waals surface area contributed by atoms with Crippen LogP contribution in [-0.2, 0) is 16.3 Å². The van der Waals surface area contributed by atoms with Gasteiger partial charge in [0, 0.05) is 41.7 Å². The fraction of sp³-hybridized carbons (Fsp3) is 0.300. The van der Waals surface area contributed by atoms with Crippen LogP contribution in [0.15, 0.2) is 75.2 Å². The van der Waals surface area contributed by atoms with Crippen molar-refractivity contribution in [2.45, 2.75) is 50.5 Å². The molecule has 0 radical (unpaired) electrons. The minimum Gasteiger partial charge on any atom is -0.416 e. The first kappa shape index (κ1) is 29.7. The second-order valence-corrected chi connectivity index (χ2v) is 12.3. The number of aromatic amines is 1. The largest absolute Gasteiger partial charge is 0.416 e. The molecular weight excluding hydrogens is 570 g/mol. The molecule has 1 atom stereocenters. The number of fused-ring (bicyclic) bond motifs is 1. The van der Waals surface area contributed by atoms with Crippen LogP contribution >= 0.6 is 0 Å². The number of amides is 1. The molecule has 0 fully saturated rings. The maximum Gasteiger partial charge on any atom is 0.416 e. The molecule has 43 heavy (non-hydrogen) atoms. The number of H-pyrrole nitrogens is 1. The number of benzene rings is 1. The lowest BCUT2D eigenvalue weighted by molar-refractivity contribution is 0.0656. The number of pyridine rings is 1. The normalized spacial score (nSPS) is 12.4. The lowest BCUT2D eigenvalue weighted by Crippen LogP contribution is -2.41. The van der Waals surface area contributed by atoms with E-state index in [1.807, 2.05) is 56.3 Å². The highest BCUT2D eigenvalue weighted by Gasteiger charge is 2.28. The average Bonchev–Trinajstić information content (AvgIpc) is 3.63. The van der Waals surface area contributed by atoms with Crippen LogP contribution in [0, 0.1) is 0 Å². The number of nitrogens with zero attached hydrogens (tertiary/aromatic N) is 5. The van der Waals surface area contributed by atoms with Crippen LogP contribution in [0.1, 0.15) is 49.3 Å². The van der Waals surface area contributed by atoms with Crippen molar-refractivity contribution in [2.24, 2.45) is 0 Å². The molecule has 1 aromatic carbocycles. The van der Waals surface area contributed by atoms with Crippen molar-refractivity contribution in [3.8, 4) is 22.4 Å². The Morgan fingerprint density at radius 2 is 1.88 bits per heavy atom. The monoisotopic (exact) mass is 603 g/mol. The van der Waals surface area contributed by atoms with E-state index < -0.39 is 15.6 Å². The van der Waals surface area contributed by atoms with Crippen LogP contribution in [0.2, 0.25) is 0 Å². The van der Waals surface area contributed by atoms with Gasteiger partial charge in [0.25, 0.3) is 5.91 Å². The standard InChI is InChI=1S/C30H33N7O5S/c1-4-15-36(29(38)25-18-42-30(39)35-25)21(5-2)12-14-24-26(43(3,40)41)27(31)37-28(34-24)22(17-33-37)20-11-13-23(32-16-20)19-9-7-6-8-10-19/h6-11,13,16-18,21H,4-5,12,14-15,31H2,1-3H3,(H,35,39)/t21-/m1/s1. The lowest BCUT2D eigenvalue weighted by atomic mass is 10.0. The molecule has 0 saturated carbocycles. The summed E-state index contributed by atoms with van der Waals surface area (Å²) in [5.74, 6) is -1.11. The van der Waals surface area contributed by atoms with Gasteiger partial charge in [-0.1, -0.05) is 50.2 Å². The van der Waals surface area contributed by atoms with Gasteiger partial charge < -0.3 is 15.1 Å². The summed E-state index contributed by atoms with van der Waals surface area (Å²) in [6.07, 6.45) is 7.44. The summed E-state index contributed by atoms with van der Waals surface area (Å²) in [4.78, 5) is 38.1. The van der Waals surface area contributed by atoms with Gasteiger partial charge in [-0.25, -0.2) is 18.2 Å². The molecule has 0 aliphatic heterocycles. The van der Waals surface area contributed by atoms with E-state index in [0.29, 0.717) is 42.7 Å². The van der Waals surface area contributed by atoms with Crippen LogP contribution in [-0.4, -0.2) is 62.6 Å². The topological polar surface area (TPSA) is 170 Å². The summed E-state index contributed by atoms with van der Waals surface area (Å²) in [6.45, 7) is 4.34. The third-order valence-electron chi connectivity index (χ3n) is 7.33. The molecule has 0 saturated heterocycles. The molecule has 0 bridgehead atoms. The molecule has 0 unspecified atom stereocenters. The number of nitrogens with one attached hydrogen (secondary N) is 1. The highest BCUT2D eigenvalue weighted by molar-refractivity contribution is 7.91. The number of anilines is 1. The summed E-state index contributed by atoms with van der Waals surface area (Å²) >= 11 is 0. The van der Waals surface area contributed by atoms with E-state index in [0.717, 1.165) is 29.3 Å². The second-order valence-electron chi connectivity index (χ2n) is 10.3. The van der Waals surface area contributed by atoms with Gasteiger partial charge >= 0.3 is 5.76 Å². The molecule has 13 heteroatoms. The van der Waals surface area contributed by atoms with Crippen molar-refractivity contribution in [3.05, 3.63) is 83.1 Å². The van der Waals surface area contributed by atoms with Crippen LogP contribution in [0.4, 0.5) is 5.82 Å². The van der Waals surface area contributed by atoms with Crippen molar-refractivity contribution in [1.82, 2.24) is 29.5 Å². The molecule has 1 amide bonds. The molecule has 0 aliphatic carbocycles. The first-order valence-electron chi connectivity index (χ1n) is 14.0. The summed E-state index contributed by atoms with van der Waals surface area (Å²) in [5.41, 5.74) is 10.4. The zero-order valence-electron chi connectivity index (χ0n) is 24.1. The minimum atomic E-state index is -3.78. The maximum atomic E-state index is 13.2. The van der Waals surface area contributed by atoms with Gasteiger partial charge in [0.2, 0.25) is 0 Å². The van der Waals surface area contributed by atoms with E-state index in [-0.39, 0.29) is 34.8 Å². The molecule has 12 nitrogen and oxygen atoms in total. The number of oxazole rings is 1. The summed E-state index contributed by atoms with van der Waals surface area (Å²) in [5, 5.41) is 4.36. The van der Waals surface area contributed by atoms with Gasteiger partial charge in [-0.3, -0.25) is 14.8 Å². The quantitative estimate of drug-likeness (QED) is 0.227. The molecule has 3 N–H and O–H groups in total. The average molecular weight is 604 g/mol. The number of nitrogens with two attached hydrogens (primary N) is 1. The first-order chi connectivity index (χ1) is 20.6. The second kappa shape index (κ2) is 12.2. The number of sulfone groups is 1. The van der Waals surface area contributed by atoms with E-state index in [2.05, 4.69) is 15.1 Å². The van der Waals surface area contributed by atoms with E-state index in [1.165, 1.54) is 4.52 Å². The summed E-state index contributed by atoms with van der Waals surface area (Å²) in [7, 11) is -3.78. The number of aromatic nitrogens is 5. The first-order valence-corrected chi connectivity index (χ1v) is 15.9. The van der Waals surface area contributed by atoms with Gasteiger partial charge in [0.1, 0.15) is 22.7 Å². The number of rotatable bonds is 11. The molecule has 5 aromatic rings. The number of nitrogen functional groups attached to an aromatic ring is 1. The predicted octanol–water partition coefficient (Wildman–Crippen LogP) is 3.99. The lowest BCUT2D eigenvalue weighted by Gasteiger charge is -2.30. The van der Waals surface area contributed by atoms with Crippen LogP contribution < -0.4 is 11.5 Å². The summed E-state index contributed by atoms with van der Waals surface area (Å²) in [6, 6.07) is 13.3. The third kappa shape index (κ3) is 6.07. The molecule has 5 rings (SSSR count). The van der Waals surface area contributed by atoms with Gasteiger partial charge in [-0.05, 0) is 31.7 Å². The van der Waals surface area contributed by atoms with Crippen molar-refractivity contribution in [2.75, 3.05) is 18.5 Å². The maximum absolute atomic E-state index is 13.2. The Kier molecular flexibility index (Phi) is 8.44. The highest BCUT2D eigenvalue weighted by Crippen LogP contribution is 2.31. The number of carbonyl (C=O) groups excluding carboxylic acids is 1. The molecule has 0 spiro atoms. The summed E-state index contributed by atoms with van der Waals surface area (Å²) < 4.78 is 32.0. The Morgan fingerprint density at radius 3 is 2.49 bits per heavy atom. The van der Waals surface area contributed by atoms with Crippen molar-refractivity contribution in [1.29, 1.82) is 0 Å². The fourth-order valence-electron chi connectivity index (χ4n) is 5.27. The Balaban J connectivity index is 1.51.